The van der Waals surface area contributed by atoms with Gasteiger partial charge in [0, 0.05) is 29.5 Å². The summed E-state index contributed by atoms with van der Waals surface area (Å²) in [7, 11) is 0. The number of nitrogens with one attached hydrogen (secondary N) is 1. The summed E-state index contributed by atoms with van der Waals surface area (Å²) in [6.07, 6.45) is 4.12. The van der Waals surface area contributed by atoms with Crippen LogP contribution in [0.4, 0.5) is 15.8 Å². The van der Waals surface area contributed by atoms with Gasteiger partial charge in [0.25, 0.3) is 11.6 Å². The van der Waals surface area contributed by atoms with Crippen LogP contribution in [0, 0.1) is 15.9 Å². The predicted molar refractivity (Wildman–Crippen MR) is 100 cm³/mol. The lowest BCUT2D eigenvalue weighted by Crippen LogP contribution is -2.20. The summed E-state index contributed by atoms with van der Waals surface area (Å²) in [5, 5.41) is 14.1. The van der Waals surface area contributed by atoms with Crippen molar-refractivity contribution >= 4 is 28.3 Å². The van der Waals surface area contributed by atoms with Crippen LogP contribution in [-0.4, -0.2) is 17.4 Å². The van der Waals surface area contributed by atoms with Crippen molar-refractivity contribution in [3.8, 4) is 5.75 Å². The average molecular weight is 384 g/mol. The van der Waals surface area contributed by atoms with Crippen LogP contribution >= 0.6 is 0 Å². The highest BCUT2D eigenvalue weighted by Gasteiger charge is 2.18. The van der Waals surface area contributed by atoms with Gasteiger partial charge in [-0.05, 0) is 43.5 Å². The molecule has 0 unspecified atom stereocenters. The van der Waals surface area contributed by atoms with E-state index < -0.39 is 16.6 Å². The number of fused-ring (bicyclic) bond motifs is 3. The molecule has 8 heteroatoms. The second-order valence-corrected chi connectivity index (χ2v) is 6.63. The Morgan fingerprint density at radius 1 is 1.21 bits per heavy atom. The van der Waals surface area contributed by atoms with E-state index in [1.54, 1.807) is 12.1 Å². The average Bonchev–Trinajstić information content (AvgIpc) is 3.06. The molecular formula is C20H17FN2O5. The van der Waals surface area contributed by atoms with Crippen LogP contribution < -0.4 is 10.1 Å². The summed E-state index contributed by atoms with van der Waals surface area (Å²) in [6, 6.07) is 8.29. The first-order chi connectivity index (χ1) is 13.5. The summed E-state index contributed by atoms with van der Waals surface area (Å²) in [5.74, 6) is 0.132. The molecule has 4 rings (SSSR count). The predicted octanol–water partition coefficient (Wildman–Crippen LogP) is 4.38. The van der Waals surface area contributed by atoms with Gasteiger partial charge >= 0.3 is 0 Å². The lowest BCUT2D eigenvalue weighted by Gasteiger charge is -2.10. The molecular weight excluding hydrogens is 367 g/mol. The van der Waals surface area contributed by atoms with E-state index in [1.807, 2.05) is 6.07 Å². The minimum atomic E-state index is -0.759. The number of nitrogens with zero attached hydrogens (tertiary/aromatic N) is 1. The number of hydrogen-bond acceptors (Lipinski definition) is 5. The third-order valence-electron chi connectivity index (χ3n) is 4.73. The molecule has 7 nitrogen and oxygen atoms in total. The van der Waals surface area contributed by atoms with Gasteiger partial charge in [-0.2, -0.15) is 0 Å². The molecule has 1 aliphatic carbocycles. The number of nitro groups is 1. The second kappa shape index (κ2) is 7.30. The third-order valence-corrected chi connectivity index (χ3v) is 4.73. The summed E-state index contributed by atoms with van der Waals surface area (Å²) in [6.45, 7) is -0.353. The van der Waals surface area contributed by atoms with E-state index in [9.17, 15) is 19.3 Å². The largest absolute Gasteiger partial charge is 0.484 e. The van der Waals surface area contributed by atoms with Crippen molar-refractivity contribution in [2.45, 2.75) is 25.7 Å². The number of halogens is 1. The Hall–Kier alpha value is -3.42. The molecule has 0 saturated carbocycles. The van der Waals surface area contributed by atoms with Crippen LogP contribution in [-0.2, 0) is 17.6 Å². The molecule has 3 aromatic rings. The van der Waals surface area contributed by atoms with E-state index in [1.165, 1.54) is 5.56 Å². The molecule has 0 spiro atoms. The molecule has 0 aliphatic heterocycles. The fourth-order valence-corrected chi connectivity index (χ4v) is 3.39. The van der Waals surface area contributed by atoms with E-state index in [0.717, 1.165) is 60.6 Å². The zero-order valence-corrected chi connectivity index (χ0v) is 14.9. The number of amides is 1. The SMILES string of the molecule is O=C(COc1ccc2oc3c(c2c1)CCCC3)Nc1cc([N+](=O)[O-])ccc1F. The number of benzene rings is 2. The first-order valence-electron chi connectivity index (χ1n) is 8.92. The van der Waals surface area contributed by atoms with Gasteiger partial charge in [-0.25, -0.2) is 4.39 Å². The van der Waals surface area contributed by atoms with Gasteiger partial charge in [0.2, 0.25) is 0 Å². The van der Waals surface area contributed by atoms with Gasteiger partial charge in [-0.3, -0.25) is 14.9 Å². The molecule has 0 fully saturated rings. The lowest BCUT2D eigenvalue weighted by atomic mass is 9.96. The number of ether oxygens (including phenoxy) is 1. The normalized spacial score (nSPS) is 13.2. The number of anilines is 1. The summed E-state index contributed by atoms with van der Waals surface area (Å²) < 4.78 is 25.1. The highest BCUT2D eigenvalue weighted by molar-refractivity contribution is 5.92. The van der Waals surface area contributed by atoms with E-state index in [0.29, 0.717) is 5.75 Å². The van der Waals surface area contributed by atoms with Crippen molar-refractivity contribution < 1.29 is 23.3 Å². The van der Waals surface area contributed by atoms with E-state index in [2.05, 4.69) is 5.32 Å². The van der Waals surface area contributed by atoms with Crippen LogP contribution in [0.15, 0.2) is 40.8 Å². The smallest absolute Gasteiger partial charge is 0.271 e. The van der Waals surface area contributed by atoms with E-state index in [-0.39, 0.29) is 18.0 Å². The highest BCUT2D eigenvalue weighted by Crippen LogP contribution is 2.34. The van der Waals surface area contributed by atoms with Crippen molar-refractivity contribution in [1.29, 1.82) is 0 Å². The van der Waals surface area contributed by atoms with Crippen LogP contribution in [0.25, 0.3) is 11.0 Å². The second-order valence-electron chi connectivity index (χ2n) is 6.63. The fourth-order valence-electron chi connectivity index (χ4n) is 3.39. The highest BCUT2D eigenvalue weighted by atomic mass is 19.1. The Morgan fingerprint density at radius 2 is 2.04 bits per heavy atom. The first kappa shape index (κ1) is 18.0. The van der Waals surface area contributed by atoms with Crippen molar-refractivity contribution in [3.63, 3.8) is 0 Å². The van der Waals surface area contributed by atoms with Crippen LogP contribution in [0.3, 0.4) is 0 Å². The zero-order valence-electron chi connectivity index (χ0n) is 14.9. The number of furan rings is 1. The van der Waals surface area contributed by atoms with Gasteiger partial charge in [-0.15, -0.1) is 0 Å². The number of carbonyl (C=O) groups is 1. The van der Waals surface area contributed by atoms with Crippen LogP contribution in [0.5, 0.6) is 5.75 Å². The minimum Gasteiger partial charge on any atom is -0.484 e. The maximum absolute atomic E-state index is 13.8. The Kier molecular flexibility index (Phi) is 4.68. The number of hydrogen-bond donors (Lipinski definition) is 1. The number of non-ortho nitro benzene ring substituents is 1. The van der Waals surface area contributed by atoms with E-state index >= 15 is 0 Å². The molecule has 1 N–H and O–H groups in total. The monoisotopic (exact) mass is 384 g/mol. The van der Waals surface area contributed by atoms with Gasteiger partial charge in [0.05, 0.1) is 10.6 Å². The topological polar surface area (TPSA) is 94.6 Å². The van der Waals surface area contributed by atoms with E-state index in [4.69, 9.17) is 9.15 Å². The molecule has 28 heavy (non-hydrogen) atoms. The summed E-state index contributed by atoms with van der Waals surface area (Å²) in [4.78, 5) is 22.2. The molecule has 1 aromatic heterocycles. The number of aryl methyl sites for hydroxylation is 2. The molecule has 0 radical (unpaired) electrons. The molecule has 1 heterocycles. The first-order valence-corrected chi connectivity index (χ1v) is 8.92. The molecule has 1 aliphatic rings. The van der Waals surface area contributed by atoms with Gasteiger partial charge in [-0.1, -0.05) is 0 Å². The Bertz CT molecular complexity index is 1080. The van der Waals surface area contributed by atoms with Gasteiger partial charge < -0.3 is 14.5 Å². The maximum Gasteiger partial charge on any atom is 0.271 e. The molecule has 1 amide bonds. The Morgan fingerprint density at radius 3 is 2.86 bits per heavy atom. The quantitative estimate of drug-likeness (QED) is 0.520. The minimum absolute atomic E-state index is 0.262. The van der Waals surface area contributed by atoms with Crippen molar-refractivity contribution in [3.05, 3.63) is 63.7 Å². The molecule has 0 saturated heterocycles. The molecule has 2 aromatic carbocycles. The number of rotatable bonds is 5. The zero-order chi connectivity index (χ0) is 19.7. The fraction of sp³-hybridized carbons (Fsp3) is 0.250. The van der Waals surface area contributed by atoms with Crippen LogP contribution in [0.1, 0.15) is 24.2 Å². The molecule has 0 bridgehead atoms. The maximum atomic E-state index is 13.8. The number of nitro benzene ring substituents is 1. The van der Waals surface area contributed by atoms with Crippen molar-refractivity contribution in [2.24, 2.45) is 0 Å². The van der Waals surface area contributed by atoms with Gasteiger partial charge in [0.1, 0.15) is 22.9 Å². The van der Waals surface area contributed by atoms with Crippen molar-refractivity contribution in [1.82, 2.24) is 0 Å². The van der Waals surface area contributed by atoms with Crippen molar-refractivity contribution in [2.75, 3.05) is 11.9 Å². The molecule has 144 valence electrons. The summed E-state index contributed by atoms with van der Waals surface area (Å²) in [5.41, 5.74) is 1.41. The van der Waals surface area contributed by atoms with Gasteiger partial charge in [0.15, 0.2) is 6.61 Å². The number of carbonyl (C=O) groups excluding carboxylic acids is 1. The van der Waals surface area contributed by atoms with Crippen LogP contribution in [0.2, 0.25) is 0 Å². The Labute approximate surface area is 159 Å². The molecule has 0 atom stereocenters. The summed E-state index contributed by atoms with van der Waals surface area (Å²) >= 11 is 0. The lowest BCUT2D eigenvalue weighted by molar-refractivity contribution is -0.384. The Balaban J connectivity index is 1.45. The third kappa shape index (κ3) is 3.53. The standard InChI is InChI=1S/C20H17FN2O5/c21-16-7-5-12(23(25)26)9-17(16)22-20(24)11-27-13-6-8-19-15(10-13)14-3-1-2-4-18(14)28-19/h5-10H,1-4,11H2,(H,22,24).